The maximum Gasteiger partial charge on any atom is 0.135 e. The van der Waals surface area contributed by atoms with Gasteiger partial charge in [0.2, 0.25) is 0 Å². The van der Waals surface area contributed by atoms with E-state index in [1.54, 1.807) is 0 Å². The average Bonchev–Trinajstić information content (AvgIpc) is 3.80. The van der Waals surface area contributed by atoms with Crippen LogP contribution in [0, 0.1) is 0 Å². The molecular weight excluding hydrogens is 585 g/mol. The van der Waals surface area contributed by atoms with Crippen molar-refractivity contribution in [2.24, 2.45) is 0 Å². The molecule has 11 rings (SSSR count). The van der Waals surface area contributed by atoms with Gasteiger partial charge in [-0.2, -0.15) is 0 Å². The topological polar surface area (TPSA) is 31.0 Å². The Labute approximate surface area is 275 Å². The fourth-order valence-corrected chi connectivity index (χ4v) is 8.03. The van der Waals surface area contributed by atoms with Crippen LogP contribution in [0.3, 0.4) is 0 Å². The summed E-state index contributed by atoms with van der Waals surface area (Å²) in [5.74, 6) is 0. The zero-order valence-corrected chi connectivity index (χ0v) is 25.8. The van der Waals surface area contributed by atoms with Crippen LogP contribution in [0.2, 0.25) is 0 Å². The third-order valence-electron chi connectivity index (χ3n) is 10.2. The van der Waals surface area contributed by atoms with Gasteiger partial charge < -0.3 is 8.98 Å². The maximum atomic E-state index is 6.14. The van der Waals surface area contributed by atoms with Crippen LogP contribution in [0.4, 0.5) is 0 Å². The summed E-state index contributed by atoms with van der Waals surface area (Å²) in [6.07, 6.45) is 2.07. The van der Waals surface area contributed by atoms with Crippen molar-refractivity contribution in [2.75, 3.05) is 0 Å². The van der Waals surface area contributed by atoms with E-state index >= 15 is 0 Å². The third-order valence-corrected chi connectivity index (χ3v) is 10.2. The molecule has 7 aromatic carbocycles. The molecule has 0 unspecified atom stereocenters. The van der Waals surface area contributed by atoms with Gasteiger partial charge in [0, 0.05) is 55.3 Å². The molecule has 3 aromatic heterocycles. The van der Waals surface area contributed by atoms with E-state index in [1.165, 1.54) is 66.0 Å². The standard InChI is InChI=1S/C45H26N2O/c1-2-9-30(10-3-1)47-40-20-17-27(28-19-22-43-38(24-28)33-13-6-7-16-42(33)48-43)23-36(40)37-25-29(18-21-41(37)47)45-35-15-8-14-34-31-11-4-5-12-32(31)39(26-46-45)44(34)35/h1-26H. The number of furan rings is 1. The molecule has 0 saturated heterocycles. The molecular formula is C45H26N2O. The number of hydrogen-bond donors (Lipinski definition) is 0. The van der Waals surface area contributed by atoms with E-state index < -0.39 is 0 Å². The van der Waals surface area contributed by atoms with Gasteiger partial charge in [0.05, 0.1) is 16.7 Å². The molecule has 10 aromatic rings. The molecule has 0 aliphatic heterocycles. The predicted octanol–water partition coefficient (Wildman–Crippen LogP) is 12.2. The van der Waals surface area contributed by atoms with Crippen molar-refractivity contribution in [1.29, 1.82) is 0 Å². The lowest BCUT2D eigenvalue weighted by molar-refractivity contribution is 0.669. The molecule has 3 nitrogen and oxygen atoms in total. The van der Waals surface area contributed by atoms with E-state index in [-0.39, 0.29) is 0 Å². The first kappa shape index (κ1) is 25.7. The first-order chi connectivity index (χ1) is 23.8. The number of aromatic nitrogens is 2. The van der Waals surface area contributed by atoms with Gasteiger partial charge in [0.1, 0.15) is 11.2 Å². The van der Waals surface area contributed by atoms with Gasteiger partial charge in [0.25, 0.3) is 0 Å². The molecule has 0 fully saturated rings. The zero-order valence-electron chi connectivity index (χ0n) is 25.8. The van der Waals surface area contributed by atoms with E-state index in [1.807, 2.05) is 12.1 Å². The minimum Gasteiger partial charge on any atom is -0.456 e. The van der Waals surface area contributed by atoms with Crippen molar-refractivity contribution in [3.63, 3.8) is 0 Å². The Balaban J connectivity index is 1.15. The van der Waals surface area contributed by atoms with Crippen LogP contribution in [0.15, 0.2) is 162 Å². The molecule has 0 atom stereocenters. The lowest BCUT2D eigenvalue weighted by Crippen LogP contribution is -1.93. The van der Waals surface area contributed by atoms with Gasteiger partial charge >= 0.3 is 0 Å². The molecule has 0 N–H and O–H groups in total. The number of hydrogen-bond acceptors (Lipinski definition) is 2. The Bertz CT molecular complexity index is 2920. The fourth-order valence-electron chi connectivity index (χ4n) is 8.03. The van der Waals surface area contributed by atoms with Gasteiger partial charge in [0.15, 0.2) is 0 Å². The Morgan fingerprint density at radius 2 is 1.02 bits per heavy atom. The Hall–Kier alpha value is -6.45. The Kier molecular flexibility index (Phi) is 5.11. The number of para-hydroxylation sites is 2. The van der Waals surface area contributed by atoms with Crippen molar-refractivity contribution < 1.29 is 4.42 Å². The van der Waals surface area contributed by atoms with Gasteiger partial charge in [-0.15, -0.1) is 0 Å². The van der Waals surface area contributed by atoms with E-state index in [0.29, 0.717) is 0 Å². The molecule has 0 saturated carbocycles. The molecule has 3 heterocycles. The van der Waals surface area contributed by atoms with E-state index in [0.717, 1.165) is 38.9 Å². The first-order valence-corrected chi connectivity index (χ1v) is 16.4. The highest BCUT2D eigenvalue weighted by Gasteiger charge is 2.23. The number of pyridine rings is 1. The van der Waals surface area contributed by atoms with E-state index in [2.05, 4.69) is 150 Å². The summed E-state index contributed by atoms with van der Waals surface area (Å²) in [5.41, 5.74) is 14.8. The smallest absolute Gasteiger partial charge is 0.135 e. The molecule has 0 radical (unpaired) electrons. The molecule has 0 bridgehead atoms. The summed E-state index contributed by atoms with van der Waals surface area (Å²) in [6, 6.07) is 54.4. The predicted molar refractivity (Wildman–Crippen MR) is 199 cm³/mol. The summed E-state index contributed by atoms with van der Waals surface area (Å²) < 4.78 is 8.51. The highest BCUT2D eigenvalue weighted by molar-refractivity contribution is 6.19. The molecule has 3 heteroatoms. The van der Waals surface area contributed by atoms with Crippen LogP contribution in [-0.4, -0.2) is 9.55 Å². The molecule has 1 aliphatic carbocycles. The minimum atomic E-state index is 0.910. The van der Waals surface area contributed by atoms with Crippen molar-refractivity contribution in [1.82, 2.24) is 9.55 Å². The van der Waals surface area contributed by atoms with Gasteiger partial charge in [-0.1, -0.05) is 97.1 Å². The summed E-state index contributed by atoms with van der Waals surface area (Å²) >= 11 is 0. The van der Waals surface area contributed by atoms with Crippen LogP contribution in [0.5, 0.6) is 0 Å². The molecule has 222 valence electrons. The monoisotopic (exact) mass is 610 g/mol. The Morgan fingerprint density at radius 3 is 1.85 bits per heavy atom. The lowest BCUT2D eigenvalue weighted by atomic mass is 9.97. The SMILES string of the molecule is c1ccc(-n2c3ccc(-c4ccc5oc6ccccc6c5c4)cc3c3cc(-c4ncc5c6c(cccc46)-c4ccccc4-5)ccc32)cc1. The third kappa shape index (κ3) is 3.50. The van der Waals surface area contributed by atoms with E-state index in [4.69, 9.17) is 9.40 Å². The highest BCUT2D eigenvalue weighted by Crippen LogP contribution is 2.49. The minimum absolute atomic E-state index is 0.910. The molecule has 48 heavy (non-hydrogen) atoms. The number of rotatable bonds is 3. The molecule has 1 aliphatic rings. The van der Waals surface area contributed by atoms with E-state index in [9.17, 15) is 0 Å². The molecule has 0 spiro atoms. The summed E-state index contributed by atoms with van der Waals surface area (Å²) in [7, 11) is 0. The normalized spacial score (nSPS) is 12.2. The summed E-state index contributed by atoms with van der Waals surface area (Å²) in [5, 5.41) is 7.17. The lowest BCUT2D eigenvalue weighted by Gasteiger charge is -2.10. The van der Waals surface area contributed by atoms with Crippen LogP contribution < -0.4 is 0 Å². The van der Waals surface area contributed by atoms with Gasteiger partial charge in [-0.05, 0) is 82.4 Å². The van der Waals surface area contributed by atoms with Crippen molar-refractivity contribution in [2.45, 2.75) is 0 Å². The highest BCUT2D eigenvalue weighted by atomic mass is 16.3. The Morgan fingerprint density at radius 1 is 0.417 bits per heavy atom. The van der Waals surface area contributed by atoms with Crippen LogP contribution in [0.25, 0.3) is 105 Å². The van der Waals surface area contributed by atoms with Gasteiger partial charge in [-0.25, -0.2) is 0 Å². The number of nitrogens with zero attached hydrogens (tertiary/aromatic N) is 2. The van der Waals surface area contributed by atoms with Gasteiger partial charge in [-0.3, -0.25) is 4.98 Å². The van der Waals surface area contributed by atoms with Crippen molar-refractivity contribution >= 4 is 54.5 Å². The number of fused-ring (bicyclic) bond motifs is 9. The van der Waals surface area contributed by atoms with Crippen LogP contribution >= 0.6 is 0 Å². The first-order valence-electron chi connectivity index (χ1n) is 16.4. The van der Waals surface area contributed by atoms with Crippen molar-refractivity contribution in [3.8, 4) is 50.3 Å². The van der Waals surface area contributed by atoms with Crippen LogP contribution in [-0.2, 0) is 0 Å². The zero-order chi connectivity index (χ0) is 31.3. The second kappa shape index (κ2) is 9.54. The average molecular weight is 611 g/mol. The summed E-state index contributed by atoms with van der Waals surface area (Å²) in [4.78, 5) is 5.13. The fraction of sp³-hybridized carbons (Fsp3) is 0. The van der Waals surface area contributed by atoms with Crippen molar-refractivity contribution in [3.05, 3.63) is 158 Å². The molecule has 0 amide bonds. The second-order valence-corrected chi connectivity index (χ2v) is 12.7. The quantitative estimate of drug-likeness (QED) is 0.199. The largest absolute Gasteiger partial charge is 0.456 e. The second-order valence-electron chi connectivity index (χ2n) is 12.7. The summed E-state index contributed by atoms with van der Waals surface area (Å²) in [6.45, 7) is 0. The maximum absolute atomic E-state index is 6.14. The number of benzene rings is 7. The van der Waals surface area contributed by atoms with Crippen LogP contribution in [0.1, 0.15) is 0 Å².